The average Bonchev–Trinajstić information content (AvgIpc) is 2.37. The van der Waals surface area contributed by atoms with Crippen molar-refractivity contribution in [1.29, 1.82) is 0 Å². The van der Waals surface area contributed by atoms with E-state index in [1.54, 1.807) is 0 Å². The number of hydrogen-bond donors (Lipinski definition) is 2. The minimum atomic E-state index is -0.0572. The molecule has 1 unspecified atom stereocenters. The van der Waals surface area contributed by atoms with E-state index in [2.05, 4.69) is 5.32 Å². The standard InChI is InChI=1S/C18H22N2O/c1-11-9-12(2)17(13(3)10-11)18(21)20-14(4)15-5-7-16(19)8-6-15/h5-10,14H,19H2,1-4H3,(H,20,21). The molecule has 2 aromatic rings. The second kappa shape index (κ2) is 6.00. The fraction of sp³-hybridized carbons (Fsp3) is 0.278. The largest absolute Gasteiger partial charge is 0.399 e. The third-order valence-electron chi connectivity index (χ3n) is 3.69. The number of carbonyl (C=O) groups is 1. The van der Waals surface area contributed by atoms with E-state index < -0.39 is 0 Å². The second-order valence-corrected chi connectivity index (χ2v) is 5.64. The minimum Gasteiger partial charge on any atom is -0.399 e. The zero-order valence-corrected chi connectivity index (χ0v) is 13.0. The lowest BCUT2D eigenvalue weighted by Crippen LogP contribution is -2.28. The fourth-order valence-electron chi connectivity index (χ4n) is 2.68. The van der Waals surface area contributed by atoms with Crippen molar-refractivity contribution in [1.82, 2.24) is 5.32 Å². The number of nitrogens with two attached hydrogens (primary N) is 1. The number of nitrogen functional groups attached to an aromatic ring is 1. The van der Waals surface area contributed by atoms with Crippen LogP contribution in [0, 0.1) is 20.8 Å². The zero-order valence-electron chi connectivity index (χ0n) is 13.0. The average molecular weight is 282 g/mol. The van der Waals surface area contributed by atoms with Crippen LogP contribution in [0.2, 0.25) is 0 Å². The van der Waals surface area contributed by atoms with Crippen LogP contribution in [0.25, 0.3) is 0 Å². The molecule has 0 aromatic heterocycles. The highest BCUT2D eigenvalue weighted by Gasteiger charge is 2.15. The lowest BCUT2D eigenvalue weighted by molar-refractivity contribution is 0.0938. The summed E-state index contributed by atoms with van der Waals surface area (Å²) in [6.45, 7) is 7.96. The fourth-order valence-corrected chi connectivity index (χ4v) is 2.68. The number of amides is 1. The lowest BCUT2D eigenvalue weighted by atomic mass is 9.98. The molecule has 0 spiro atoms. The van der Waals surface area contributed by atoms with E-state index in [1.165, 1.54) is 5.56 Å². The van der Waals surface area contributed by atoms with Crippen molar-refractivity contribution in [2.24, 2.45) is 0 Å². The van der Waals surface area contributed by atoms with Crippen LogP contribution in [0.1, 0.15) is 45.6 Å². The van der Waals surface area contributed by atoms with Gasteiger partial charge in [0.25, 0.3) is 5.91 Å². The summed E-state index contributed by atoms with van der Waals surface area (Å²) in [6, 6.07) is 11.6. The number of nitrogens with one attached hydrogen (secondary N) is 1. The molecule has 2 rings (SSSR count). The predicted molar refractivity (Wildman–Crippen MR) is 87.4 cm³/mol. The Morgan fingerprint density at radius 3 is 2.10 bits per heavy atom. The van der Waals surface area contributed by atoms with Crippen LogP contribution in [0.3, 0.4) is 0 Å². The summed E-state index contributed by atoms with van der Waals surface area (Å²) in [5.74, 6) is -0.0330. The van der Waals surface area contributed by atoms with Gasteiger partial charge >= 0.3 is 0 Å². The first kappa shape index (κ1) is 15.1. The molecule has 0 aliphatic carbocycles. The summed E-state index contributed by atoms with van der Waals surface area (Å²) in [4.78, 5) is 12.5. The molecule has 0 aliphatic rings. The van der Waals surface area contributed by atoms with Gasteiger partial charge in [-0.1, -0.05) is 29.8 Å². The summed E-state index contributed by atoms with van der Waals surface area (Å²) < 4.78 is 0. The van der Waals surface area contributed by atoms with Gasteiger partial charge in [-0.3, -0.25) is 4.79 Å². The molecule has 3 heteroatoms. The Morgan fingerprint density at radius 2 is 1.57 bits per heavy atom. The minimum absolute atomic E-state index is 0.0330. The van der Waals surface area contributed by atoms with Crippen molar-refractivity contribution in [3.05, 3.63) is 64.2 Å². The molecule has 3 N–H and O–H groups in total. The maximum Gasteiger partial charge on any atom is 0.252 e. The first-order valence-electron chi connectivity index (χ1n) is 7.12. The molecule has 2 aromatic carbocycles. The molecule has 0 heterocycles. The molecule has 3 nitrogen and oxygen atoms in total. The van der Waals surface area contributed by atoms with Crippen LogP contribution in [0.15, 0.2) is 36.4 Å². The molecule has 0 bridgehead atoms. The van der Waals surface area contributed by atoms with E-state index in [0.717, 1.165) is 27.9 Å². The zero-order chi connectivity index (χ0) is 15.6. The number of aryl methyl sites for hydroxylation is 3. The smallest absolute Gasteiger partial charge is 0.252 e. The van der Waals surface area contributed by atoms with Crippen LogP contribution in [-0.4, -0.2) is 5.91 Å². The number of hydrogen-bond acceptors (Lipinski definition) is 2. The van der Waals surface area contributed by atoms with Crippen molar-refractivity contribution >= 4 is 11.6 Å². The summed E-state index contributed by atoms with van der Waals surface area (Å²) in [6.07, 6.45) is 0. The molecule has 110 valence electrons. The molecular formula is C18H22N2O. The van der Waals surface area contributed by atoms with Gasteiger partial charge in [0.2, 0.25) is 0 Å². The highest BCUT2D eigenvalue weighted by molar-refractivity contribution is 5.97. The quantitative estimate of drug-likeness (QED) is 0.844. The predicted octanol–water partition coefficient (Wildman–Crippen LogP) is 3.69. The van der Waals surface area contributed by atoms with Crippen LogP contribution in [-0.2, 0) is 0 Å². The lowest BCUT2D eigenvalue weighted by Gasteiger charge is -2.17. The normalized spacial score (nSPS) is 12.0. The van der Waals surface area contributed by atoms with Crippen molar-refractivity contribution in [3.8, 4) is 0 Å². The van der Waals surface area contributed by atoms with Crippen molar-refractivity contribution in [3.63, 3.8) is 0 Å². The van der Waals surface area contributed by atoms with Crippen LogP contribution < -0.4 is 11.1 Å². The Balaban J connectivity index is 2.20. The third kappa shape index (κ3) is 3.43. The van der Waals surface area contributed by atoms with Crippen molar-refractivity contribution < 1.29 is 4.79 Å². The van der Waals surface area contributed by atoms with Gasteiger partial charge < -0.3 is 11.1 Å². The molecule has 1 amide bonds. The topological polar surface area (TPSA) is 55.1 Å². The molecule has 0 aliphatic heterocycles. The van der Waals surface area contributed by atoms with Crippen molar-refractivity contribution in [2.75, 3.05) is 5.73 Å². The van der Waals surface area contributed by atoms with Gasteiger partial charge in [0.15, 0.2) is 0 Å². The van der Waals surface area contributed by atoms with E-state index in [0.29, 0.717) is 0 Å². The van der Waals surface area contributed by atoms with Crippen LogP contribution >= 0.6 is 0 Å². The maximum absolute atomic E-state index is 12.5. The van der Waals surface area contributed by atoms with E-state index in [-0.39, 0.29) is 11.9 Å². The Labute approximate surface area is 126 Å². The number of benzene rings is 2. The summed E-state index contributed by atoms with van der Waals surface area (Å²) in [5, 5.41) is 3.05. The Hall–Kier alpha value is -2.29. The Kier molecular flexibility index (Phi) is 4.32. The summed E-state index contributed by atoms with van der Waals surface area (Å²) in [7, 11) is 0. The Morgan fingerprint density at radius 1 is 1.05 bits per heavy atom. The van der Waals surface area contributed by atoms with Gasteiger partial charge in [-0.2, -0.15) is 0 Å². The van der Waals surface area contributed by atoms with E-state index in [1.807, 2.05) is 64.1 Å². The summed E-state index contributed by atoms with van der Waals surface area (Å²) in [5.41, 5.74) is 11.4. The Bertz CT molecular complexity index is 636. The number of rotatable bonds is 3. The third-order valence-corrected chi connectivity index (χ3v) is 3.69. The molecule has 0 saturated carbocycles. The van der Waals surface area contributed by atoms with Crippen LogP contribution in [0.5, 0.6) is 0 Å². The molecule has 0 radical (unpaired) electrons. The first-order chi connectivity index (χ1) is 9.88. The van der Waals surface area contributed by atoms with Gasteiger partial charge in [0, 0.05) is 11.3 Å². The van der Waals surface area contributed by atoms with Gasteiger partial charge in [0.05, 0.1) is 6.04 Å². The van der Waals surface area contributed by atoms with Crippen molar-refractivity contribution in [2.45, 2.75) is 33.7 Å². The maximum atomic E-state index is 12.5. The molecular weight excluding hydrogens is 260 g/mol. The van der Waals surface area contributed by atoms with Crippen LogP contribution in [0.4, 0.5) is 5.69 Å². The van der Waals surface area contributed by atoms with E-state index in [4.69, 9.17) is 5.73 Å². The van der Waals surface area contributed by atoms with Gasteiger partial charge in [-0.15, -0.1) is 0 Å². The SMILES string of the molecule is Cc1cc(C)c(C(=O)NC(C)c2ccc(N)cc2)c(C)c1. The molecule has 0 fully saturated rings. The van der Waals surface area contributed by atoms with Gasteiger partial charge in [-0.05, 0) is 56.5 Å². The molecule has 0 saturated heterocycles. The molecule has 21 heavy (non-hydrogen) atoms. The number of carbonyl (C=O) groups excluding carboxylic acids is 1. The van der Waals surface area contributed by atoms with Gasteiger partial charge in [-0.25, -0.2) is 0 Å². The van der Waals surface area contributed by atoms with Gasteiger partial charge in [0.1, 0.15) is 0 Å². The first-order valence-corrected chi connectivity index (χ1v) is 7.12. The molecule has 1 atom stereocenters. The number of anilines is 1. The summed E-state index contributed by atoms with van der Waals surface area (Å²) >= 11 is 0. The highest BCUT2D eigenvalue weighted by Crippen LogP contribution is 2.19. The van der Waals surface area contributed by atoms with E-state index >= 15 is 0 Å². The van der Waals surface area contributed by atoms with E-state index in [9.17, 15) is 4.79 Å². The second-order valence-electron chi connectivity index (χ2n) is 5.64. The highest BCUT2D eigenvalue weighted by atomic mass is 16.1. The monoisotopic (exact) mass is 282 g/mol.